The Bertz CT molecular complexity index is 662. The van der Waals surface area contributed by atoms with Crippen LogP contribution in [0.3, 0.4) is 0 Å². The van der Waals surface area contributed by atoms with E-state index in [4.69, 9.17) is 11.2 Å². The Morgan fingerprint density at radius 2 is 2.00 bits per heavy atom. The number of ether oxygens (including phenoxy) is 1. The zero-order valence-electron chi connectivity index (χ0n) is 12.0. The molecular formula is C15H17F2NO3S. The third-order valence-corrected chi connectivity index (χ3v) is 5.54. The van der Waals surface area contributed by atoms with Crippen LogP contribution in [-0.2, 0) is 14.8 Å². The molecular weight excluding hydrogens is 312 g/mol. The summed E-state index contributed by atoms with van der Waals surface area (Å²) in [7, 11) is -4.02. The van der Waals surface area contributed by atoms with E-state index in [9.17, 15) is 17.2 Å². The molecule has 0 saturated carbocycles. The van der Waals surface area contributed by atoms with Crippen molar-refractivity contribution in [1.82, 2.24) is 4.31 Å². The minimum atomic E-state index is -4.02. The lowest BCUT2D eigenvalue weighted by molar-refractivity contribution is 0.101. The molecule has 0 radical (unpaired) electrons. The van der Waals surface area contributed by atoms with Gasteiger partial charge in [-0.15, -0.1) is 6.42 Å². The molecule has 4 nitrogen and oxygen atoms in total. The highest BCUT2D eigenvalue weighted by Gasteiger charge is 2.31. The van der Waals surface area contributed by atoms with Crippen LogP contribution in [0, 0.1) is 29.9 Å². The minimum Gasteiger partial charge on any atom is -0.369 e. The summed E-state index contributed by atoms with van der Waals surface area (Å²) in [5.74, 6) is 0.864. The number of piperidine rings is 1. The van der Waals surface area contributed by atoms with Crippen LogP contribution in [0.5, 0.6) is 0 Å². The van der Waals surface area contributed by atoms with E-state index >= 15 is 0 Å². The predicted molar refractivity (Wildman–Crippen MR) is 77.5 cm³/mol. The number of sulfonamides is 1. The van der Waals surface area contributed by atoms with Crippen molar-refractivity contribution in [3.63, 3.8) is 0 Å². The number of rotatable bonds is 5. The standard InChI is InChI=1S/C15H17F2NO3S/c1-2-9-21-11-12-5-7-18(8-6-12)22(19,20)15-10-13(16)3-4-14(15)17/h1,3-4,10,12H,5-9,11H2. The summed E-state index contributed by atoms with van der Waals surface area (Å²) < 4.78 is 58.1. The molecule has 1 heterocycles. The summed E-state index contributed by atoms with van der Waals surface area (Å²) in [5, 5.41) is 0. The van der Waals surface area contributed by atoms with Crippen LogP contribution in [0.4, 0.5) is 8.78 Å². The molecule has 0 amide bonds. The average Bonchev–Trinajstić information content (AvgIpc) is 2.50. The SMILES string of the molecule is C#CCOCC1CCN(S(=O)(=O)c2cc(F)ccc2F)CC1. The average molecular weight is 329 g/mol. The number of nitrogens with zero attached hydrogens (tertiary/aromatic N) is 1. The van der Waals surface area contributed by atoms with Gasteiger partial charge in [-0.2, -0.15) is 4.31 Å². The molecule has 120 valence electrons. The molecule has 0 atom stereocenters. The Balaban J connectivity index is 2.04. The van der Waals surface area contributed by atoms with E-state index in [-0.39, 0.29) is 25.6 Å². The molecule has 22 heavy (non-hydrogen) atoms. The third-order valence-electron chi connectivity index (χ3n) is 3.62. The van der Waals surface area contributed by atoms with Crippen LogP contribution >= 0.6 is 0 Å². The number of halogens is 2. The highest BCUT2D eigenvalue weighted by molar-refractivity contribution is 7.89. The molecule has 2 rings (SSSR count). The number of hydrogen-bond donors (Lipinski definition) is 0. The van der Waals surface area contributed by atoms with Crippen molar-refractivity contribution in [2.75, 3.05) is 26.3 Å². The van der Waals surface area contributed by atoms with Gasteiger partial charge >= 0.3 is 0 Å². The van der Waals surface area contributed by atoms with E-state index < -0.39 is 26.6 Å². The van der Waals surface area contributed by atoms with Crippen LogP contribution in [0.2, 0.25) is 0 Å². The van der Waals surface area contributed by atoms with E-state index in [0.717, 1.165) is 12.1 Å². The molecule has 0 aromatic heterocycles. The first-order chi connectivity index (χ1) is 10.4. The summed E-state index contributed by atoms with van der Waals surface area (Å²) in [5.41, 5.74) is 0. The van der Waals surface area contributed by atoms with Gasteiger partial charge in [-0.1, -0.05) is 5.92 Å². The molecule has 1 aliphatic rings. The molecule has 0 N–H and O–H groups in total. The van der Waals surface area contributed by atoms with Gasteiger partial charge in [0.25, 0.3) is 0 Å². The van der Waals surface area contributed by atoms with Gasteiger partial charge in [-0.25, -0.2) is 17.2 Å². The van der Waals surface area contributed by atoms with Gasteiger partial charge in [-0.05, 0) is 37.0 Å². The predicted octanol–water partition coefficient (Wildman–Crippen LogP) is 2.02. The van der Waals surface area contributed by atoms with Crippen LogP contribution in [0.25, 0.3) is 0 Å². The first-order valence-electron chi connectivity index (χ1n) is 6.91. The maximum Gasteiger partial charge on any atom is 0.246 e. The minimum absolute atomic E-state index is 0.220. The van der Waals surface area contributed by atoms with Crippen LogP contribution in [0.15, 0.2) is 23.1 Å². The molecule has 1 aliphatic heterocycles. The molecule has 1 saturated heterocycles. The van der Waals surface area contributed by atoms with Crippen molar-refractivity contribution in [2.24, 2.45) is 5.92 Å². The van der Waals surface area contributed by atoms with E-state index in [0.29, 0.717) is 25.5 Å². The van der Waals surface area contributed by atoms with Crippen LogP contribution in [0.1, 0.15) is 12.8 Å². The maximum atomic E-state index is 13.7. The van der Waals surface area contributed by atoms with E-state index in [1.807, 2.05) is 0 Å². The molecule has 0 unspecified atom stereocenters. The molecule has 0 spiro atoms. The molecule has 7 heteroatoms. The highest BCUT2D eigenvalue weighted by Crippen LogP contribution is 2.26. The molecule has 1 fully saturated rings. The Labute approximate surface area is 129 Å². The lowest BCUT2D eigenvalue weighted by Crippen LogP contribution is -2.39. The quantitative estimate of drug-likeness (QED) is 0.613. The Kier molecular flexibility index (Phi) is 5.51. The summed E-state index contributed by atoms with van der Waals surface area (Å²) in [6.45, 7) is 1.21. The Morgan fingerprint density at radius 3 is 2.64 bits per heavy atom. The second kappa shape index (κ2) is 7.18. The van der Waals surface area contributed by atoms with Gasteiger partial charge in [0.15, 0.2) is 0 Å². The lowest BCUT2D eigenvalue weighted by atomic mass is 9.99. The van der Waals surface area contributed by atoms with Crippen molar-refractivity contribution in [2.45, 2.75) is 17.7 Å². The van der Waals surface area contributed by atoms with Crippen molar-refractivity contribution in [3.8, 4) is 12.3 Å². The number of benzene rings is 1. The van der Waals surface area contributed by atoms with E-state index in [1.165, 1.54) is 4.31 Å². The highest BCUT2D eigenvalue weighted by atomic mass is 32.2. The first-order valence-corrected chi connectivity index (χ1v) is 8.35. The fourth-order valence-corrected chi connectivity index (χ4v) is 3.96. The van der Waals surface area contributed by atoms with Crippen LogP contribution < -0.4 is 0 Å². The first kappa shape index (κ1) is 16.9. The number of terminal acetylenes is 1. The zero-order chi connectivity index (χ0) is 16.2. The fourth-order valence-electron chi connectivity index (χ4n) is 2.41. The summed E-state index contributed by atoms with van der Waals surface area (Å²) >= 11 is 0. The van der Waals surface area contributed by atoms with Gasteiger partial charge in [0, 0.05) is 13.1 Å². The summed E-state index contributed by atoms with van der Waals surface area (Å²) in [6, 6.07) is 2.43. The van der Waals surface area contributed by atoms with Gasteiger partial charge < -0.3 is 4.74 Å². The van der Waals surface area contributed by atoms with E-state index in [2.05, 4.69) is 5.92 Å². The molecule has 1 aromatic carbocycles. The molecule has 1 aromatic rings. The van der Waals surface area contributed by atoms with Gasteiger partial charge in [0.05, 0.1) is 6.61 Å². The second-order valence-corrected chi connectivity index (χ2v) is 7.05. The van der Waals surface area contributed by atoms with E-state index in [1.54, 1.807) is 0 Å². The van der Waals surface area contributed by atoms with Crippen molar-refractivity contribution in [1.29, 1.82) is 0 Å². The summed E-state index contributed by atoms with van der Waals surface area (Å²) in [4.78, 5) is -0.616. The third kappa shape index (κ3) is 3.83. The second-order valence-electron chi connectivity index (χ2n) is 5.14. The van der Waals surface area contributed by atoms with Gasteiger partial charge in [-0.3, -0.25) is 0 Å². The van der Waals surface area contributed by atoms with Gasteiger partial charge in [0.1, 0.15) is 23.1 Å². The van der Waals surface area contributed by atoms with Crippen molar-refractivity contribution >= 4 is 10.0 Å². The fraction of sp³-hybridized carbons (Fsp3) is 0.467. The normalized spacial score (nSPS) is 17.3. The zero-order valence-corrected chi connectivity index (χ0v) is 12.8. The topological polar surface area (TPSA) is 46.6 Å². The number of hydrogen-bond acceptors (Lipinski definition) is 3. The maximum absolute atomic E-state index is 13.7. The Hall–Kier alpha value is -1.49. The molecule has 0 aliphatic carbocycles. The monoisotopic (exact) mass is 329 g/mol. The van der Waals surface area contributed by atoms with Crippen molar-refractivity contribution in [3.05, 3.63) is 29.8 Å². The lowest BCUT2D eigenvalue weighted by Gasteiger charge is -2.31. The largest absolute Gasteiger partial charge is 0.369 e. The van der Waals surface area contributed by atoms with Gasteiger partial charge in [0.2, 0.25) is 10.0 Å². The Morgan fingerprint density at radius 1 is 1.32 bits per heavy atom. The van der Waals surface area contributed by atoms with Crippen LogP contribution in [-0.4, -0.2) is 39.0 Å². The summed E-state index contributed by atoms with van der Waals surface area (Å²) in [6.07, 6.45) is 6.28. The smallest absolute Gasteiger partial charge is 0.246 e. The van der Waals surface area contributed by atoms with Crippen molar-refractivity contribution < 1.29 is 21.9 Å². The molecule has 0 bridgehead atoms.